The first kappa shape index (κ1) is 14.7. The third-order valence-corrected chi connectivity index (χ3v) is 3.29. The number of hydrogen-bond acceptors (Lipinski definition) is 3. The van der Waals surface area contributed by atoms with Crippen LogP contribution >= 0.6 is 11.6 Å². The molecule has 2 aromatic rings. The van der Waals surface area contributed by atoms with E-state index in [4.69, 9.17) is 16.0 Å². The number of nitrogens with zero attached hydrogens (tertiary/aromatic N) is 1. The van der Waals surface area contributed by atoms with E-state index in [0.29, 0.717) is 22.7 Å². The summed E-state index contributed by atoms with van der Waals surface area (Å²) in [5.74, 6) is -0.701. The molecule has 0 atom stereocenters. The molecule has 2 rings (SSSR count). The van der Waals surface area contributed by atoms with Crippen molar-refractivity contribution in [3.63, 3.8) is 0 Å². The molecular formula is C14H17ClN2O3. The second-order valence-electron chi connectivity index (χ2n) is 4.61. The van der Waals surface area contributed by atoms with Gasteiger partial charge < -0.3 is 9.73 Å². The summed E-state index contributed by atoms with van der Waals surface area (Å²) in [6.45, 7) is 2.66. The maximum atomic E-state index is 12.0. The van der Waals surface area contributed by atoms with Gasteiger partial charge in [-0.15, -0.1) is 0 Å². The Morgan fingerprint density at radius 2 is 2.15 bits per heavy atom. The molecule has 1 amide bonds. The van der Waals surface area contributed by atoms with E-state index in [9.17, 15) is 9.59 Å². The molecule has 0 aliphatic carbocycles. The number of nitrogens with one attached hydrogen (secondary N) is 1. The SMILES string of the molecule is CCCCCCNC(=O)n1c(=O)oc2ccc(Cl)cc21. The smallest absolute Gasteiger partial charge is 0.407 e. The van der Waals surface area contributed by atoms with Crippen LogP contribution in [0.3, 0.4) is 0 Å². The van der Waals surface area contributed by atoms with Gasteiger partial charge in [0.05, 0.1) is 0 Å². The number of halogens is 1. The van der Waals surface area contributed by atoms with Gasteiger partial charge in [-0.05, 0) is 24.6 Å². The quantitative estimate of drug-likeness (QED) is 0.860. The minimum atomic E-state index is -0.701. The first-order valence-corrected chi connectivity index (χ1v) is 7.10. The Balaban J connectivity index is 2.11. The van der Waals surface area contributed by atoms with Crippen LogP contribution in [-0.2, 0) is 0 Å². The Morgan fingerprint density at radius 1 is 1.35 bits per heavy atom. The molecule has 1 heterocycles. The fraction of sp³-hybridized carbons (Fsp3) is 0.429. The predicted molar refractivity (Wildman–Crippen MR) is 78.4 cm³/mol. The number of benzene rings is 1. The highest BCUT2D eigenvalue weighted by Crippen LogP contribution is 2.18. The zero-order valence-electron chi connectivity index (χ0n) is 11.3. The van der Waals surface area contributed by atoms with Crippen molar-refractivity contribution >= 4 is 28.7 Å². The summed E-state index contributed by atoms with van der Waals surface area (Å²) in [5, 5.41) is 3.16. The second kappa shape index (κ2) is 6.61. The van der Waals surface area contributed by atoms with E-state index >= 15 is 0 Å². The molecule has 0 aliphatic heterocycles. The molecule has 0 spiro atoms. The van der Waals surface area contributed by atoms with Crippen molar-refractivity contribution < 1.29 is 9.21 Å². The van der Waals surface area contributed by atoms with Gasteiger partial charge in [-0.25, -0.2) is 9.59 Å². The topological polar surface area (TPSA) is 64.2 Å². The molecule has 0 radical (unpaired) electrons. The van der Waals surface area contributed by atoms with Crippen LogP contribution in [-0.4, -0.2) is 17.1 Å². The van der Waals surface area contributed by atoms with Crippen LogP contribution in [0.2, 0.25) is 5.02 Å². The molecule has 0 fully saturated rings. The van der Waals surface area contributed by atoms with Crippen molar-refractivity contribution in [2.24, 2.45) is 0 Å². The lowest BCUT2D eigenvalue weighted by atomic mass is 10.2. The fourth-order valence-corrected chi connectivity index (χ4v) is 2.17. The Hall–Kier alpha value is -1.75. The molecule has 1 aromatic carbocycles. The van der Waals surface area contributed by atoms with Gasteiger partial charge in [-0.3, -0.25) is 0 Å². The largest absolute Gasteiger partial charge is 0.428 e. The lowest BCUT2D eigenvalue weighted by Crippen LogP contribution is -2.34. The molecule has 0 saturated carbocycles. The molecule has 0 unspecified atom stereocenters. The van der Waals surface area contributed by atoms with Crippen LogP contribution in [0.25, 0.3) is 11.1 Å². The third kappa shape index (κ3) is 3.22. The van der Waals surface area contributed by atoms with Gasteiger partial charge in [0.15, 0.2) is 5.58 Å². The van der Waals surface area contributed by atoms with Crippen molar-refractivity contribution in [2.45, 2.75) is 32.6 Å². The Bertz CT molecular complexity index is 660. The number of hydrogen-bond donors (Lipinski definition) is 1. The number of rotatable bonds is 5. The van der Waals surface area contributed by atoms with Gasteiger partial charge in [0.2, 0.25) is 0 Å². The van der Waals surface area contributed by atoms with Crippen LogP contribution in [0.5, 0.6) is 0 Å². The van der Waals surface area contributed by atoms with E-state index in [1.807, 2.05) is 0 Å². The van der Waals surface area contributed by atoms with Crippen molar-refractivity contribution in [3.8, 4) is 0 Å². The summed E-state index contributed by atoms with van der Waals surface area (Å²) in [7, 11) is 0. The maximum absolute atomic E-state index is 12.0. The predicted octanol–water partition coefficient (Wildman–Crippen LogP) is 3.39. The Labute approximate surface area is 121 Å². The lowest BCUT2D eigenvalue weighted by Gasteiger charge is -2.04. The summed E-state index contributed by atoms with van der Waals surface area (Å²) < 4.78 is 5.98. The van der Waals surface area contributed by atoms with Crippen molar-refractivity contribution in [3.05, 3.63) is 33.8 Å². The average molecular weight is 297 g/mol. The van der Waals surface area contributed by atoms with Gasteiger partial charge in [0.1, 0.15) is 5.52 Å². The monoisotopic (exact) mass is 296 g/mol. The van der Waals surface area contributed by atoms with Crippen LogP contribution < -0.4 is 11.1 Å². The van der Waals surface area contributed by atoms with Crippen molar-refractivity contribution in [1.29, 1.82) is 0 Å². The molecular weight excluding hydrogens is 280 g/mol. The zero-order valence-corrected chi connectivity index (χ0v) is 12.1. The molecule has 5 nitrogen and oxygen atoms in total. The molecule has 0 saturated heterocycles. The summed E-state index contributed by atoms with van der Waals surface area (Å²) in [5.41, 5.74) is 0.731. The van der Waals surface area contributed by atoms with Gasteiger partial charge in [0, 0.05) is 11.6 Å². The molecule has 0 aliphatic rings. The van der Waals surface area contributed by atoms with E-state index in [1.165, 1.54) is 0 Å². The van der Waals surface area contributed by atoms with Gasteiger partial charge in [-0.1, -0.05) is 37.8 Å². The number of carbonyl (C=O) groups is 1. The normalized spacial score (nSPS) is 10.9. The first-order valence-electron chi connectivity index (χ1n) is 6.72. The number of amides is 1. The average Bonchev–Trinajstić information content (AvgIpc) is 2.73. The Kier molecular flexibility index (Phi) is 4.84. The summed E-state index contributed by atoms with van der Waals surface area (Å²) in [6.07, 6.45) is 4.23. The van der Waals surface area contributed by atoms with Crippen LogP contribution in [0.15, 0.2) is 27.4 Å². The maximum Gasteiger partial charge on any atom is 0.428 e. The van der Waals surface area contributed by atoms with Crippen molar-refractivity contribution in [1.82, 2.24) is 9.88 Å². The summed E-state index contributed by atoms with van der Waals surface area (Å²) >= 11 is 5.88. The highest BCUT2D eigenvalue weighted by Gasteiger charge is 2.15. The van der Waals surface area contributed by atoms with E-state index in [1.54, 1.807) is 18.2 Å². The number of aromatic nitrogens is 1. The van der Waals surface area contributed by atoms with Crippen molar-refractivity contribution in [2.75, 3.05) is 6.54 Å². The molecule has 1 aromatic heterocycles. The number of oxazole rings is 1. The Morgan fingerprint density at radius 3 is 2.90 bits per heavy atom. The molecule has 0 bridgehead atoms. The number of fused-ring (bicyclic) bond motifs is 1. The minimum absolute atomic E-state index is 0.348. The van der Waals surface area contributed by atoms with Gasteiger partial charge in [0.25, 0.3) is 0 Å². The van der Waals surface area contributed by atoms with E-state index in [0.717, 1.165) is 30.3 Å². The molecule has 6 heteroatoms. The second-order valence-corrected chi connectivity index (χ2v) is 5.04. The first-order chi connectivity index (χ1) is 9.63. The van der Waals surface area contributed by atoms with E-state index in [-0.39, 0.29) is 0 Å². The third-order valence-electron chi connectivity index (χ3n) is 3.05. The highest BCUT2D eigenvalue weighted by atomic mass is 35.5. The molecule has 108 valence electrons. The lowest BCUT2D eigenvalue weighted by molar-refractivity contribution is 0.241. The zero-order chi connectivity index (χ0) is 14.5. The van der Waals surface area contributed by atoms with Crippen LogP contribution in [0.1, 0.15) is 32.6 Å². The standard InChI is InChI=1S/C14H17ClN2O3/c1-2-3-4-5-8-16-13(18)17-11-9-10(15)6-7-12(11)20-14(17)19/h6-7,9H,2-5,8H2,1H3,(H,16,18). The highest BCUT2D eigenvalue weighted by molar-refractivity contribution is 6.31. The number of unbranched alkanes of at least 4 members (excludes halogenated alkanes) is 3. The molecule has 1 N–H and O–H groups in total. The minimum Gasteiger partial charge on any atom is -0.407 e. The van der Waals surface area contributed by atoms with Gasteiger partial charge >= 0.3 is 11.8 Å². The molecule has 20 heavy (non-hydrogen) atoms. The van der Waals surface area contributed by atoms with Crippen LogP contribution in [0.4, 0.5) is 4.79 Å². The van der Waals surface area contributed by atoms with Crippen LogP contribution in [0, 0.1) is 0 Å². The number of carbonyl (C=O) groups excluding carboxylic acids is 1. The summed E-state index contributed by atoms with van der Waals surface area (Å²) in [4.78, 5) is 23.8. The fourth-order valence-electron chi connectivity index (χ4n) is 2.01. The summed E-state index contributed by atoms with van der Waals surface area (Å²) in [6, 6.07) is 4.25. The van der Waals surface area contributed by atoms with Gasteiger partial charge in [-0.2, -0.15) is 4.57 Å². The van der Waals surface area contributed by atoms with E-state index < -0.39 is 11.8 Å². The van der Waals surface area contributed by atoms with E-state index in [2.05, 4.69) is 12.2 Å².